The molecular formula is C17H27N3O. The van der Waals surface area contributed by atoms with Crippen molar-refractivity contribution in [3.05, 3.63) is 24.3 Å². The molecule has 1 aromatic carbocycles. The highest BCUT2D eigenvalue weighted by atomic mass is 16.5. The molecule has 4 nitrogen and oxygen atoms in total. The Morgan fingerprint density at radius 3 is 2.48 bits per heavy atom. The summed E-state index contributed by atoms with van der Waals surface area (Å²) in [5, 5.41) is 0. The number of nitrogens with two attached hydrogens (primary N) is 1. The molecule has 1 aliphatic heterocycles. The molecule has 0 amide bonds. The third kappa shape index (κ3) is 3.33. The molecule has 116 valence electrons. The molecule has 1 aromatic rings. The molecule has 0 radical (unpaired) electrons. The Morgan fingerprint density at radius 2 is 1.86 bits per heavy atom. The van der Waals surface area contributed by atoms with Crippen LogP contribution in [0.1, 0.15) is 19.8 Å². The second kappa shape index (κ2) is 5.85. The van der Waals surface area contributed by atoms with Gasteiger partial charge >= 0.3 is 0 Å². The van der Waals surface area contributed by atoms with Crippen molar-refractivity contribution in [2.75, 3.05) is 44.7 Å². The predicted molar refractivity (Wildman–Crippen MR) is 87.0 cm³/mol. The lowest BCUT2D eigenvalue weighted by atomic mass is 9.96. The number of hydrogen-bond donors (Lipinski definition) is 1. The summed E-state index contributed by atoms with van der Waals surface area (Å²) in [5.41, 5.74) is 7.67. The maximum Gasteiger partial charge on any atom is 0.142 e. The van der Waals surface area contributed by atoms with Crippen molar-refractivity contribution in [3.63, 3.8) is 0 Å². The zero-order valence-corrected chi connectivity index (χ0v) is 13.2. The van der Waals surface area contributed by atoms with E-state index in [2.05, 4.69) is 28.9 Å². The second-order valence-electron chi connectivity index (χ2n) is 6.72. The van der Waals surface area contributed by atoms with Crippen molar-refractivity contribution < 1.29 is 4.74 Å². The van der Waals surface area contributed by atoms with Gasteiger partial charge in [-0.15, -0.1) is 0 Å². The second-order valence-corrected chi connectivity index (χ2v) is 6.72. The van der Waals surface area contributed by atoms with Gasteiger partial charge in [-0.25, -0.2) is 0 Å². The van der Waals surface area contributed by atoms with E-state index in [1.807, 2.05) is 12.1 Å². The van der Waals surface area contributed by atoms with Crippen LogP contribution in [-0.4, -0.2) is 50.3 Å². The van der Waals surface area contributed by atoms with E-state index in [0.717, 1.165) is 44.4 Å². The number of methoxy groups -OCH3 is 1. The minimum atomic E-state index is -0.00733. The zero-order chi connectivity index (χ0) is 14.9. The highest BCUT2D eigenvalue weighted by molar-refractivity contribution is 5.58. The number of anilines is 1. The van der Waals surface area contributed by atoms with Crippen LogP contribution >= 0.6 is 0 Å². The lowest BCUT2D eigenvalue weighted by Crippen LogP contribution is -2.55. The summed E-state index contributed by atoms with van der Waals surface area (Å²) in [6, 6.07) is 8.28. The number of nitrogens with zero attached hydrogens (tertiary/aromatic N) is 2. The molecule has 1 aliphatic carbocycles. The minimum absolute atomic E-state index is 0.00733. The monoisotopic (exact) mass is 289 g/mol. The topological polar surface area (TPSA) is 41.7 Å². The Kier molecular flexibility index (Phi) is 4.09. The standard InChI is InChI=1S/C17H27N3O/c1-17(18,14-7-8-14)13-19-9-11-20(12-10-19)15-5-3-4-6-16(15)21-2/h3-6,14H,7-13,18H2,1-2H3. The van der Waals surface area contributed by atoms with Crippen LogP contribution in [0.5, 0.6) is 5.75 Å². The van der Waals surface area contributed by atoms with E-state index in [9.17, 15) is 0 Å². The van der Waals surface area contributed by atoms with Crippen molar-refractivity contribution in [1.82, 2.24) is 4.90 Å². The van der Waals surface area contributed by atoms with Gasteiger partial charge in [0.1, 0.15) is 5.75 Å². The number of hydrogen-bond acceptors (Lipinski definition) is 4. The van der Waals surface area contributed by atoms with Gasteiger partial charge in [-0.2, -0.15) is 0 Å². The third-order valence-electron chi connectivity index (χ3n) is 4.87. The number of piperazine rings is 1. The fraction of sp³-hybridized carbons (Fsp3) is 0.647. The molecule has 0 aromatic heterocycles. The SMILES string of the molecule is COc1ccccc1N1CCN(CC(C)(N)C2CC2)CC1. The lowest BCUT2D eigenvalue weighted by Gasteiger charge is -2.40. The molecule has 0 bridgehead atoms. The van der Waals surface area contributed by atoms with Crippen molar-refractivity contribution in [1.29, 1.82) is 0 Å². The first-order valence-corrected chi connectivity index (χ1v) is 7.99. The van der Waals surface area contributed by atoms with Gasteiger partial charge in [-0.1, -0.05) is 12.1 Å². The summed E-state index contributed by atoms with van der Waals surface area (Å²) >= 11 is 0. The highest BCUT2D eigenvalue weighted by Gasteiger charge is 2.39. The van der Waals surface area contributed by atoms with Gasteiger partial charge < -0.3 is 15.4 Å². The predicted octanol–water partition coefficient (Wildman–Crippen LogP) is 1.94. The van der Waals surface area contributed by atoms with Gasteiger partial charge in [-0.3, -0.25) is 4.90 Å². The summed E-state index contributed by atoms with van der Waals surface area (Å²) in [4.78, 5) is 4.94. The van der Waals surface area contributed by atoms with Gasteiger partial charge in [0.2, 0.25) is 0 Å². The maximum absolute atomic E-state index is 6.47. The summed E-state index contributed by atoms with van der Waals surface area (Å²) in [5.74, 6) is 1.71. The molecule has 1 unspecified atom stereocenters. The molecule has 4 heteroatoms. The minimum Gasteiger partial charge on any atom is -0.495 e. The zero-order valence-electron chi connectivity index (χ0n) is 13.2. The van der Waals surface area contributed by atoms with Gasteiger partial charge in [0.15, 0.2) is 0 Å². The molecule has 1 atom stereocenters. The van der Waals surface area contributed by atoms with E-state index in [1.165, 1.54) is 18.5 Å². The first-order valence-electron chi connectivity index (χ1n) is 7.99. The summed E-state index contributed by atoms with van der Waals surface area (Å²) < 4.78 is 5.47. The van der Waals surface area contributed by atoms with Gasteiger partial charge in [0, 0.05) is 38.3 Å². The van der Waals surface area contributed by atoms with Crippen molar-refractivity contribution in [2.24, 2.45) is 11.7 Å². The number of rotatable bonds is 5. The number of para-hydroxylation sites is 2. The van der Waals surface area contributed by atoms with Crippen LogP contribution in [0.2, 0.25) is 0 Å². The first kappa shape index (κ1) is 14.7. The van der Waals surface area contributed by atoms with Gasteiger partial charge in [0.25, 0.3) is 0 Å². The quantitative estimate of drug-likeness (QED) is 0.899. The molecule has 0 spiro atoms. The summed E-state index contributed by atoms with van der Waals surface area (Å²) in [6.45, 7) is 7.49. The van der Waals surface area contributed by atoms with E-state index >= 15 is 0 Å². The normalized spacial score (nSPS) is 22.9. The Balaban J connectivity index is 1.57. The Labute approximate surface area is 127 Å². The van der Waals surface area contributed by atoms with E-state index in [4.69, 9.17) is 10.5 Å². The van der Waals surface area contributed by atoms with Crippen LogP contribution < -0.4 is 15.4 Å². The van der Waals surface area contributed by atoms with Crippen molar-refractivity contribution in [2.45, 2.75) is 25.3 Å². The number of benzene rings is 1. The van der Waals surface area contributed by atoms with Crippen LogP contribution in [0.25, 0.3) is 0 Å². The van der Waals surface area contributed by atoms with Crippen molar-refractivity contribution >= 4 is 5.69 Å². The molecule has 2 aliphatic rings. The molecular weight excluding hydrogens is 262 g/mol. The fourth-order valence-corrected chi connectivity index (χ4v) is 3.39. The van der Waals surface area contributed by atoms with Gasteiger partial charge in [-0.05, 0) is 37.8 Å². The molecule has 2 fully saturated rings. The average molecular weight is 289 g/mol. The van der Waals surface area contributed by atoms with Crippen LogP contribution in [-0.2, 0) is 0 Å². The van der Waals surface area contributed by atoms with E-state index < -0.39 is 0 Å². The molecule has 21 heavy (non-hydrogen) atoms. The van der Waals surface area contributed by atoms with Crippen molar-refractivity contribution in [3.8, 4) is 5.75 Å². The number of ether oxygens (including phenoxy) is 1. The summed E-state index contributed by atoms with van der Waals surface area (Å²) in [7, 11) is 1.74. The largest absolute Gasteiger partial charge is 0.495 e. The average Bonchev–Trinajstić information content (AvgIpc) is 3.33. The Bertz CT molecular complexity index is 477. The Morgan fingerprint density at radius 1 is 1.19 bits per heavy atom. The van der Waals surface area contributed by atoms with Crippen LogP contribution in [0.4, 0.5) is 5.69 Å². The molecule has 1 saturated carbocycles. The first-order chi connectivity index (χ1) is 10.1. The van der Waals surface area contributed by atoms with Gasteiger partial charge in [0.05, 0.1) is 12.8 Å². The molecule has 1 saturated heterocycles. The van der Waals surface area contributed by atoms with Crippen LogP contribution in [0.3, 0.4) is 0 Å². The third-order valence-corrected chi connectivity index (χ3v) is 4.87. The van der Waals surface area contributed by atoms with E-state index in [0.29, 0.717) is 0 Å². The highest BCUT2D eigenvalue weighted by Crippen LogP contribution is 2.38. The Hall–Kier alpha value is -1.26. The molecule has 1 heterocycles. The maximum atomic E-state index is 6.47. The fourth-order valence-electron chi connectivity index (χ4n) is 3.39. The summed E-state index contributed by atoms with van der Waals surface area (Å²) in [6.07, 6.45) is 2.63. The molecule has 3 rings (SSSR count). The van der Waals surface area contributed by atoms with E-state index in [1.54, 1.807) is 7.11 Å². The van der Waals surface area contributed by atoms with Crippen LogP contribution in [0.15, 0.2) is 24.3 Å². The smallest absolute Gasteiger partial charge is 0.142 e. The lowest BCUT2D eigenvalue weighted by molar-refractivity contribution is 0.192. The van der Waals surface area contributed by atoms with Crippen LogP contribution in [0, 0.1) is 5.92 Å². The van der Waals surface area contributed by atoms with E-state index in [-0.39, 0.29) is 5.54 Å². The molecule has 2 N–H and O–H groups in total.